The molecule has 0 spiro atoms. The van der Waals surface area contributed by atoms with Crippen LogP contribution in [0.4, 0.5) is 0 Å². The van der Waals surface area contributed by atoms with E-state index in [0.29, 0.717) is 145 Å². The van der Waals surface area contributed by atoms with Crippen LogP contribution in [-0.2, 0) is 63.3 Å². The minimum Gasteiger partial charge on any atom is -0.492 e. The maximum atomic E-state index is 6.23. The van der Waals surface area contributed by atoms with Crippen LogP contribution in [-0.4, -0.2) is 131 Å². The SMILES string of the molecule is Cc1cccc2c1-c1c(C)cccc1OCCN(C)CCO2.Cc1cccc2c1-c1c(C)cccc1OCCOCCO2.Cc1cccc2c1-c1c(C)cccc1OCCOCCOCCOCCOCCO2.Cc1cccc2c1-c1c(C)cccc1OCc1ccc(cc1)CO2.Cc1cccc2c1-c1c(C)cccc1OCc1cccc(c1)CO2.Cc1cccc2c1-c1c(C)cccc1OCc1ccccc1CO2. The van der Waals surface area contributed by atoms with Gasteiger partial charge in [0.2, 0.25) is 0 Å². The van der Waals surface area contributed by atoms with Crippen molar-refractivity contribution in [2.24, 2.45) is 0 Å². The fraction of sp³-hybridized carbons (Fsp3) is 0.291. The van der Waals surface area contributed by atoms with Crippen LogP contribution in [0.25, 0.3) is 66.8 Å². The first-order valence-corrected chi connectivity index (χ1v) is 50.4. The van der Waals surface area contributed by atoms with E-state index < -0.39 is 0 Å². The summed E-state index contributed by atoms with van der Waals surface area (Å²) in [6, 6.07) is 99.3. The molecule has 0 unspecified atom stereocenters. The second kappa shape index (κ2) is 51.7. The summed E-state index contributed by atoms with van der Waals surface area (Å²) < 4.78 is 101. The van der Waals surface area contributed by atoms with Gasteiger partial charge in [-0.15, -0.1) is 0 Å². The molecule has 0 amide bonds. The van der Waals surface area contributed by atoms with Gasteiger partial charge in [0.05, 0.1) is 66.1 Å². The third-order valence-corrected chi connectivity index (χ3v) is 26.3. The van der Waals surface area contributed by atoms with Crippen molar-refractivity contribution in [3.8, 4) is 136 Å². The molecule has 7 heterocycles. The standard InChI is InChI=1S/C24H32O6.3C22H20O2.C19H23NO2.C18H20O3/c1-19-5-3-7-21-23(19)24-20(2)6-4-8-22(24)30-18-16-28-14-12-26-10-9-25-11-13-27-15-17-29-21;1-15-6-3-10-19-21(15)22-16(2)7-4-11-20(22)24-14-18-9-5-8-17(12-18)13-23-19;1-15-5-3-7-19-21(15)22-16(2)6-4-8-20(22)24-14-18-11-9-17(10-12-18)13-23-19;1-15-7-5-11-19-21(15)22-16(2)8-6-12-20(22)24-14-18-10-4-3-9-17(18)13-23-19;1-14-6-4-8-16-18(14)19-15(2)7-5-9-17(19)22-13-11-20(3)10-12-21-16;1-13-5-3-7-15-17(13)18-14(2)6-4-8-16(18)21-12-10-19-9-11-20-15/h3-8H,9-18H2,1-2H3;3*3-12H,13-14H2,1-2H3;4-9H,10-13H2,1-3H3;3-8H,9-12H2,1-2H3. The molecule has 0 atom stereocenters. The molecular weight excluding hydrogens is 1810 g/mol. The Morgan fingerprint density at radius 1 is 0.152 bits per heavy atom. The smallest absolute Gasteiger partial charge is 0.128 e. The molecule has 145 heavy (non-hydrogen) atoms. The molecule has 0 fully saturated rings. The lowest BCUT2D eigenvalue weighted by Gasteiger charge is -2.22. The molecule has 0 saturated heterocycles. The largest absolute Gasteiger partial charge is 0.492 e. The second-order valence-corrected chi connectivity index (χ2v) is 37.0. The van der Waals surface area contributed by atoms with Gasteiger partial charge >= 0.3 is 0 Å². The predicted molar refractivity (Wildman–Crippen MR) is 578 cm³/mol. The molecule has 15 aromatic rings. The number of fused-ring (bicyclic) bond motifs is 22. The van der Waals surface area contributed by atoms with Gasteiger partial charge in [0.15, 0.2) is 0 Å². The van der Waals surface area contributed by atoms with Crippen molar-refractivity contribution in [3.05, 3.63) is 391 Å². The van der Waals surface area contributed by atoms with Gasteiger partial charge in [0.1, 0.15) is 148 Å². The molecule has 7 aliphatic rings. The Bertz CT molecular complexity index is 6420. The third kappa shape index (κ3) is 27.0. The van der Waals surface area contributed by atoms with Crippen LogP contribution < -0.4 is 56.8 Å². The molecule has 22 rings (SSSR count). The molecule has 0 aromatic heterocycles. The Hall–Kier alpha value is -14.3. The highest BCUT2D eigenvalue weighted by atomic mass is 16.6. The summed E-state index contributed by atoms with van der Waals surface area (Å²) in [5.41, 5.74) is 34.6. The van der Waals surface area contributed by atoms with Crippen LogP contribution in [0.3, 0.4) is 0 Å². The maximum absolute atomic E-state index is 6.23. The summed E-state index contributed by atoms with van der Waals surface area (Å²) in [5.74, 6) is 10.7. The summed E-state index contributed by atoms with van der Waals surface area (Å²) in [6.07, 6.45) is 0. The minimum atomic E-state index is 0.468. The van der Waals surface area contributed by atoms with Crippen LogP contribution in [0.15, 0.2) is 291 Å². The molecular formula is C127H135NO17. The number of nitrogens with zero attached hydrogens (tertiary/aromatic N) is 1. The number of hydrogen-bond acceptors (Lipinski definition) is 18. The quantitative estimate of drug-likeness (QED) is 0.141. The number of ether oxygens (including phenoxy) is 17. The maximum Gasteiger partial charge on any atom is 0.128 e. The van der Waals surface area contributed by atoms with E-state index in [4.69, 9.17) is 80.5 Å². The lowest BCUT2D eigenvalue weighted by molar-refractivity contribution is -0.00705. The summed E-state index contributed by atoms with van der Waals surface area (Å²) >= 11 is 0. The molecule has 4 bridgehead atoms. The Morgan fingerprint density at radius 2 is 0.317 bits per heavy atom. The van der Waals surface area contributed by atoms with Gasteiger partial charge in [-0.05, 0) is 269 Å². The molecule has 0 saturated carbocycles. The van der Waals surface area contributed by atoms with Gasteiger partial charge in [-0.3, -0.25) is 4.90 Å². The van der Waals surface area contributed by atoms with E-state index in [1.54, 1.807) is 0 Å². The topological polar surface area (TPSA) is 160 Å². The van der Waals surface area contributed by atoms with E-state index in [1.807, 2.05) is 133 Å². The number of hydrogen-bond donors (Lipinski definition) is 0. The molecule has 0 aliphatic carbocycles. The molecule has 15 aromatic carbocycles. The average molecular weight is 1950 g/mol. The highest BCUT2D eigenvalue weighted by Gasteiger charge is 2.27. The highest BCUT2D eigenvalue weighted by Crippen LogP contribution is 2.49. The van der Waals surface area contributed by atoms with E-state index in [1.165, 1.54) is 66.8 Å². The van der Waals surface area contributed by atoms with Gasteiger partial charge in [-0.1, -0.05) is 212 Å². The number of likely N-dealkylation sites (N-methyl/N-ethyl adjacent to an activating group) is 1. The first kappa shape index (κ1) is 104. The first-order valence-electron chi connectivity index (χ1n) is 50.4. The minimum absolute atomic E-state index is 0.468. The highest BCUT2D eigenvalue weighted by molar-refractivity contribution is 5.87. The van der Waals surface area contributed by atoms with E-state index in [2.05, 4.69) is 253 Å². The van der Waals surface area contributed by atoms with Gasteiger partial charge in [-0.25, -0.2) is 0 Å². The Labute approximate surface area is 855 Å². The fourth-order valence-corrected chi connectivity index (χ4v) is 18.8. The van der Waals surface area contributed by atoms with Crippen molar-refractivity contribution in [1.29, 1.82) is 0 Å². The molecule has 18 heteroatoms. The van der Waals surface area contributed by atoms with E-state index in [9.17, 15) is 0 Å². The van der Waals surface area contributed by atoms with Crippen molar-refractivity contribution < 1.29 is 80.5 Å². The van der Waals surface area contributed by atoms with Crippen molar-refractivity contribution in [3.63, 3.8) is 0 Å². The van der Waals surface area contributed by atoms with E-state index >= 15 is 0 Å². The van der Waals surface area contributed by atoms with Gasteiger partial charge < -0.3 is 80.5 Å². The van der Waals surface area contributed by atoms with E-state index in [-0.39, 0.29) is 0 Å². The van der Waals surface area contributed by atoms with Crippen molar-refractivity contribution in [2.45, 2.75) is 123 Å². The lowest BCUT2D eigenvalue weighted by atomic mass is 9.94. The summed E-state index contributed by atoms with van der Waals surface area (Å²) in [4.78, 5) is 2.23. The molecule has 750 valence electrons. The lowest BCUT2D eigenvalue weighted by Crippen LogP contribution is -2.28. The Morgan fingerprint density at radius 3 is 0.524 bits per heavy atom. The zero-order valence-electron chi connectivity index (χ0n) is 86.1. The van der Waals surface area contributed by atoms with Crippen molar-refractivity contribution >= 4 is 0 Å². The fourth-order valence-electron chi connectivity index (χ4n) is 18.8. The average Bonchev–Trinajstić information content (AvgIpc) is 1.81. The second-order valence-electron chi connectivity index (χ2n) is 37.0. The van der Waals surface area contributed by atoms with Crippen LogP contribution in [0, 0.1) is 83.1 Å². The number of benzene rings is 15. The number of aryl methyl sites for hydroxylation is 12. The summed E-state index contributed by atoms with van der Waals surface area (Å²) in [5, 5.41) is 0. The van der Waals surface area contributed by atoms with Gasteiger partial charge in [-0.2, -0.15) is 0 Å². The Kier molecular flexibility index (Phi) is 36.9. The molecule has 7 aliphatic heterocycles. The van der Waals surface area contributed by atoms with Gasteiger partial charge in [0, 0.05) is 79.9 Å². The van der Waals surface area contributed by atoms with Crippen molar-refractivity contribution in [1.82, 2.24) is 4.90 Å². The summed E-state index contributed by atoms with van der Waals surface area (Å²) in [7, 11) is 2.10. The zero-order chi connectivity index (χ0) is 101. The van der Waals surface area contributed by atoms with Crippen LogP contribution >= 0.6 is 0 Å². The Balaban J connectivity index is 0.000000125. The first-order chi connectivity index (χ1) is 70.9. The molecule has 0 N–H and O–H groups in total. The molecule has 18 nitrogen and oxygen atoms in total. The summed E-state index contributed by atoms with van der Waals surface area (Å²) in [6.45, 7) is 39.4. The van der Waals surface area contributed by atoms with E-state index in [0.717, 1.165) is 182 Å². The number of rotatable bonds is 0. The monoisotopic (exact) mass is 1950 g/mol. The molecule has 0 radical (unpaired) electrons. The van der Waals surface area contributed by atoms with Gasteiger partial charge in [0.25, 0.3) is 0 Å². The predicted octanol–water partition coefficient (Wildman–Crippen LogP) is 27.6. The van der Waals surface area contributed by atoms with Crippen LogP contribution in [0.2, 0.25) is 0 Å². The third-order valence-electron chi connectivity index (χ3n) is 26.3. The normalized spacial score (nSPS) is 14.6. The van der Waals surface area contributed by atoms with Crippen LogP contribution in [0.5, 0.6) is 69.0 Å². The zero-order valence-corrected chi connectivity index (χ0v) is 86.1. The van der Waals surface area contributed by atoms with Crippen molar-refractivity contribution in [2.75, 3.05) is 126 Å². The van der Waals surface area contributed by atoms with Crippen LogP contribution in [0.1, 0.15) is 100 Å².